The number of phenolic OH excluding ortho intramolecular Hbond substituents is 2. The average molecular weight is 280 g/mol. The largest absolute Gasteiger partial charge is 0.507 e. The van der Waals surface area contributed by atoms with Gasteiger partial charge in [0.05, 0.1) is 5.92 Å². The van der Waals surface area contributed by atoms with Crippen LogP contribution in [0.2, 0.25) is 0 Å². The summed E-state index contributed by atoms with van der Waals surface area (Å²) in [6.45, 7) is 0. The summed E-state index contributed by atoms with van der Waals surface area (Å²) in [6.07, 6.45) is 0.877. The van der Waals surface area contributed by atoms with Gasteiger partial charge in [-0.25, -0.2) is 0 Å². The first-order valence-electron chi connectivity index (χ1n) is 6.67. The maximum atomic E-state index is 9.83. The Balaban J connectivity index is 1.72. The molecule has 0 amide bonds. The molecule has 1 heterocycles. The highest BCUT2D eigenvalue weighted by Crippen LogP contribution is 2.41. The number of fused-ring (bicyclic) bond motifs is 1. The summed E-state index contributed by atoms with van der Waals surface area (Å²) in [5, 5.41) is 23.7. The lowest BCUT2D eigenvalue weighted by Crippen LogP contribution is -2.19. The van der Waals surface area contributed by atoms with Gasteiger partial charge in [-0.05, 0) is 29.7 Å². The molecule has 104 valence electrons. The van der Waals surface area contributed by atoms with Gasteiger partial charge in [0.1, 0.15) is 17.1 Å². The van der Waals surface area contributed by atoms with Crippen LogP contribution in [0.5, 0.6) is 11.5 Å². The van der Waals surface area contributed by atoms with E-state index in [1.807, 2.05) is 12.1 Å². The van der Waals surface area contributed by atoms with Gasteiger partial charge in [0.15, 0.2) is 5.82 Å². The molecule has 4 rings (SSSR count). The molecule has 0 bridgehead atoms. The fraction of sp³-hybridized carbons (Fsp3) is 0.125. The third kappa shape index (κ3) is 1.78. The van der Waals surface area contributed by atoms with E-state index in [1.54, 1.807) is 6.07 Å². The summed E-state index contributed by atoms with van der Waals surface area (Å²) in [5.74, 6) is 0.654. The quantitative estimate of drug-likeness (QED) is 0.754. The lowest BCUT2D eigenvalue weighted by molar-refractivity contribution is 0.405. The fourth-order valence-electron chi connectivity index (χ4n) is 2.71. The van der Waals surface area contributed by atoms with Crippen molar-refractivity contribution in [2.45, 2.75) is 12.3 Å². The van der Waals surface area contributed by atoms with E-state index in [4.69, 9.17) is 4.52 Å². The molecule has 3 aromatic rings. The van der Waals surface area contributed by atoms with Gasteiger partial charge in [-0.15, -0.1) is 0 Å². The zero-order valence-corrected chi connectivity index (χ0v) is 11.0. The molecule has 0 aliphatic heterocycles. The highest BCUT2D eigenvalue weighted by Gasteiger charge is 2.31. The number of nitrogens with zero attached hydrogens (tertiary/aromatic N) is 2. The summed E-state index contributed by atoms with van der Waals surface area (Å²) in [6, 6.07) is 12.6. The minimum Gasteiger partial charge on any atom is -0.507 e. The molecule has 1 aromatic heterocycles. The number of hydrogen-bond donors (Lipinski definition) is 2. The zero-order valence-electron chi connectivity index (χ0n) is 11.0. The van der Waals surface area contributed by atoms with Crippen molar-refractivity contribution in [3.05, 3.63) is 59.4 Å². The Hall–Kier alpha value is -2.82. The Morgan fingerprint density at radius 2 is 1.76 bits per heavy atom. The fourth-order valence-corrected chi connectivity index (χ4v) is 2.71. The van der Waals surface area contributed by atoms with E-state index >= 15 is 0 Å². The third-order valence-electron chi connectivity index (χ3n) is 3.84. The Morgan fingerprint density at radius 3 is 2.52 bits per heavy atom. The molecule has 5 nitrogen and oxygen atoms in total. The monoisotopic (exact) mass is 280 g/mol. The van der Waals surface area contributed by atoms with E-state index in [9.17, 15) is 10.2 Å². The van der Waals surface area contributed by atoms with Crippen LogP contribution in [0.25, 0.3) is 11.5 Å². The minimum atomic E-state index is -0.0841. The lowest BCUT2D eigenvalue weighted by Gasteiger charge is -2.27. The second-order valence-electron chi connectivity index (χ2n) is 5.08. The normalized spacial score (nSPS) is 16.3. The molecule has 0 radical (unpaired) electrons. The molecule has 2 aromatic carbocycles. The topological polar surface area (TPSA) is 79.4 Å². The van der Waals surface area contributed by atoms with Crippen LogP contribution in [0.1, 0.15) is 22.9 Å². The number of hydrogen-bond acceptors (Lipinski definition) is 5. The number of phenols is 2. The standard InChI is InChI=1S/C16H12N2O3/c19-12-6-3-7-13(20)14(12)16-17-15(18-21-16)11-8-9-4-1-2-5-10(9)11/h1-7,11,19-20H,8H2. The highest BCUT2D eigenvalue weighted by molar-refractivity contribution is 5.69. The van der Waals surface area contributed by atoms with Crippen LogP contribution in [0, 0.1) is 0 Å². The van der Waals surface area contributed by atoms with Crippen molar-refractivity contribution in [1.29, 1.82) is 0 Å². The van der Waals surface area contributed by atoms with E-state index in [1.165, 1.54) is 23.3 Å². The van der Waals surface area contributed by atoms with Crippen LogP contribution in [0.4, 0.5) is 0 Å². The van der Waals surface area contributed by atoms with Crippen LogP contribution in [0.15, 0.2) is 47.0 Å². The van der Waals surface area contributed by atoms with Crippen molar-refractivity contribution < 1.29 is 14.7 Å². The smallest absolute Gasteiger partial charge is 0.265 e. The SMILES string of the molecule is Oc1cccc(O)c1-c1nc(C2Cc3ccccc32)no1. The van der Waals surface area contributed by atoms with Crippen molar-refractivity contribution in [2.75, 3.05) is 0 Å². The van der Waals surface area contributed by atoms with Crippen LogP contribution >= 0.6 is 0 Å². The molecular weight excluding hydrogens is 268 g/mol. The maximum absolute atomic E-state index is 9.83. The van der Waals surface area contributed by atoms with Gasteiger partial charge in [-0.3, -0.25) is 0 Å². The van der Waals surface area contributed by atoms with Gasteiger partial charge in [-0.2, -0.15) is 4.98 Å². The van der Waals surface area contributed by atoms with E-state index in [2.05, 4.69) is 22.3 Å². The second-order valence-corrected chi connectivity index (χ2v) is 5.08. The summed E-state index contributed by atoms with van der Waals surface area (Å²) in [4.78, 5) is 4.33. The van der Waals surface area contributed by atoms with Gasteiger partial charge in [0.25, 0.3) is 5.89 Å². The van der Waals surface area contributed by atoms with Gasteiger partial charge in [0.2, 0.25) is 0 Å². The number of benzene rings is 2. The Bertz CT molecular complexity index is 806. The molecule has 1 unspecified atom stereocenters. The first-order chi connectivity index (χ1) is 10.2. The van der Waals surface area contributed by atoms with Crippen molar-refractivity contribution in [2.24, 2.45) is 0 Å². The van der Waals surface area contributed by atoms with Gasteiger partial charge in [-0.1, -0.05) is 35.5 Å². The average Bonchev–Trinajstić information content (AvgIpc) is 2.89. The number of rotatable bonds is 2. The summed E-state index contributed by atoms with van der Waals surface area (Å²) >= 11 is 0. The van der Waals surface area contributed by atoms with E-state index < -0.39 is 0 Å². The predicted octanol–water partition coefficient (Wildman–Crippen LogP) is 2.84. The van der Waals surface area contributed by atoms with Gasteiger partial charge < -0.3 is 14.7 Å². The second kappa shape index (κ2) is 4.34. The first kappa shape index (κ1) is 12.0. The van der Waals surface area contributed by atoms with Gasteiger partial charge in [0, 0.05) is 0 Å². The van der Waals surface area contributed by atoms with Crippen LogP contribution in [-0.2, 0) is 6.42 Å². The van der Waals surface area contributed by atoms with Crippen LogP contribution < -0.4 is 0 Å². The van der Waals surface area contributed by atoms with Crippen molar-refractivity contribution in [1.82, 2.24) is 10.1 Å². The number of aromatic nitrogens is 2. The predicted molar refractivity (Wildman–Crippen MR) is 75.1 cm³/mol. The third-order valence-corrected chi connectivity index (χ3v) is 3.84. The summed E-state index contributed by atoms with van der Waals surface area (Å²) in [5.41, 5.74) is 2.66. The molecule has 0 saturated carbocycles. The molecule has 1 aliphatic rings. The number of aromatic hydroxyl groups is 2. The molecule has 1 aliphatic carbocycles. The van der Waals surface area contributed by atoms with Gasteiger partial charge >= 0.3 is 0 Å². The molecule has 0 fully saturated rings. The van der Waals surface area contributed by atoms with E-state index in [-0.39, 0.29) is 28.9 Å². The molecule has 2 N–H and O–H groups in total. The highest BCUT2D eigenvalue weighted by atomic mass is 16.5. The maximum Gasteiger partial charge on any atom is 0.265 e. The van der Waals surface area contributed by atoms with Crippen molar-refractivity contribution in [3.63, 3.8) is 0 Å². The van der Waals surface area contributed by atoms with E-state index in [0.717, 1.165) is 6.42 Å². The Labute approximate surface area is 120 Å². The summed E-state index contributed by atoms with van der Waals surface area (Å²) < 4.78 is 5.20. The molecule has 0 saturated heterocycles. The van der Waals surface area contributed by atoms with Crippen molar-refractivity contribution in [3.8, 4) is 23.0 Å². The Morgan fingerprint density at radius 1 is 1.00 bits per heavy atom. The molecule has 1 atom stereocenters. The minimum absolute atomic E-state index is 0.0841. The Kier molecular flexibility index (Phi) is 2.47. The molecule has 21 heavy (non-hydrogen) atoms. The van der Waals surface area contributed by atoms with Crippen molar-refractivity contribution >= 4 is 0 Å². The zero-order chi connectivity index (χ0) is 14.4. The lowest BCUT2D eigenvalue weighted by atomic mass is 9.77. The van der Waals surface area contributed by atoms with Crippen LogP contribution in [0.3, 0.4) is 0 Å². The molecule has 5 heteroatoms. The van der Waals surface area contributed by atoms with Crippen LogP contribution in [-0.4, -0.2) is 20.4 Å². The van der Waals surface area contributed by atoms with E-state index in [0.29, 0.717) is 5.82 Å². The molecular formula is C16H12N2O3. The summed E-state index contributed by atoms with van der Waals surface area (Å²) in [7, 11) is 0. The first-order valence-corrected chi connectivity index (χ1v) is 6.67. The molecule has 0 spiro atoms.